The Hall–Kier alpha value is -1.97. The van der Waals surface area contributed by atoms with E-state index in [2.05, 4.69) is 16.9 Å². The van der Waals surface area contributed by atoms with Gasteiger partial charge in [-0.3, -0.25) is 9.89 Å². The summed E-state index contributed by atoms with van der Waals surface area (Å²) in [6, 6.07) is 0. The second kappa shape index (κ2) is 4.04. The first-order valence-corrected chi connectivity index (χ1v) is 3.79. The normalized spacial score (nSPS) is 10.6. The minimum atomic E-state index is -4.53. The number of halogens is 3. The summed E-state index contributed by atoms with van der Waals surface area (Å²) in [5.74, 6) is 3.69. The van der Waals surface area contributed by atoms with E-state index in [0.29, 0.717) is 0 Å². The number of hydrogen-bond donors (Lipinski definition) is 2. The molecule has 0 aromatic carbocycles. The predicted octanol–water partition coefficient (Wildman–Crippen LogP) is 0.655. The van der Waals surface area contributed by atoms with Gasteiger partial charge in [0, 0.05) is 0 Å². The Morgan fingerprint density at radius 1 is 1.60 bits per heavy atom. The van der Waals surface area contributed by atoms with Crippen LogP contribution in [0.4, 0.5) is 13.2 Å². The summed E-state index contributed by atoms with van der Waals surface area (Å²) < 4.78 is 36.7. The van der Waals surface area contributed by atoms with Crippen LogP contribution in [0, 0.1) is 11.8 Å². The van der Waals surface area contributed by atoms with Crippen molar-refractivity contribution in [3.63, 3.8) is 0 Å². The number of H-pyrrole nitrogens is 1. The number of aromatic nitrogens is 2. The Morgan fingerprint density at radius 3 is 2.80 bits per heavy atom. The Bertz CT molecular complexity index is 424. The van der Waals surface area contributed by atoms with Crippen molar-refractivity contribution >= 4 is 5.91 Å². The summed E-state index contributed by atoms with van der Waals surface area (Å²) in [4.78, 5) is 10.3. The van der Waals surface area contributed by atoms with E-state index < -0.39 is 17.8 Å². The van der Waals surface area contributed by atoms with Gasteiger partial charge in [0.25, 0.3) is 0 Å². The first-order valence-electron chi connectivity index (χ1n) is 3.79. The third-order valence-electron chi connectivity index (χ3n) is 1.41. The minimum Gasteiger partial charge on any atom is -0.369 e. The summed E-state index contributed by atoms with van der Waals surface area (Å²) in [5.41, 5.74) is 3.44. The van der Waals surface area contributed by atoms with Gasteiger partial charge in [-0.2, -0.15) is 18.3 Å². The van der Waals surface area contributed by atoms with Gasteiger partial charge in [-0.15, -0.1) is 0 Å². The molecular formula is C8H6F3N3O. The predicted molar refractivity (Wildman–Crippen MR) is 44.3 cm³/mol. The first-order chi connectivity index (χ1) is 6.91. The summed E-state index contributed by atoms with van der Waals surface area (Å²) >= 11 is 0. The van der Waals surface area contributed by atoms with Gasteiger partial charge in [0.05, 0.1) is 18.2 Å². The summed E-state index contributed by atoms with van der Waals surface area (Å²) in [6.07, 6.45) is -3.88. The van der Waals surface area contributed by atoms with Crippen molar-refractivity contribution in [2.24, 2.45) is 5.73 Å². The third-order valence-corrected chi connectivity index (χ3v) is 1.41. The quantitative estimate of drug-likeness (QED) is 0.678. The van der Waals surface area contributed by atoms with Crippen molar-refractivity contribution in [2.45, 2.75) is 12.6 Å². The summed E-state index contributed by atoms with van der Waals surface area (Å²) in [5, 5.41) is 5.01. The van der Waals surface area contributed by atoms with Crippen molar-refractivity contribution in [3.05, 3.63) is 17.5 Å². The molecule has 0 aliphatic heterocycles. The number of alkyl halides is 3. The van der Waals surface area contributed by atoms with Gasteiger partial charge in [0.2, 0.25) is 5.91 Å². The number of carbonyl (C=O) groups is 1. The molecule has 1 rings (SSSR count). The SMILES string of the molecule is NC(=O)CC#Cc1cn[nH]c1C(F)(F)F. The van der Waals surface area contributed by atoms with Crippen LogP contribution < -0.4 is 5.73 Å². The molecule has 15 heavy (non-hydrogen) atoms. The van der Waals surface area contributed by atoms with E-state index in [1.54, 1.807) is 5.10 Å². The van der Waals surface area contributed by atoms with Crippen LogP contribution in [-0.4, -0.2) is 16.1 Å². The second-order valence-electron chi connectivity index (χ2n) is 2.60. The number of primary amides is 1. The van der Waals surface area contributed by atoms with E-state index in [1.807, 2.05) is 0 Å². The Labute approximate surface area is 82.7 Å². The largest absolute Gasteiger partial charge is 0.434 e. The van der Waals surface area contributed by atoms with Gasteiger partial charge in [-0.1, -0.05) is 11.8 Å². The molecule has 1 heterocycles. The molecule has 1 amide bonds. The molecule has 3 N–H and O–H groups in total. The molecule has 1 aromatic rings. The van der Waals surface area contributed by atoms with E-state index in [9.17, 15) is 18.0 Å². The summed E-state index contributed by atoms with van der Waals surface area (Å²) in [6.45, 7) is 0. The standard InChI is InChI=1S/C8H6F3N3O/c9-8(10,11)7-5(4-13-14-7)2-1-3-6(12)15/h4H,3H2,(H2,12,15)(H,13,14). The number of rotatable bonds is 1. The lowest BCUT2D eigenvalue weighted by molar-refractivity contribution is -0.141. The maximum atomic E-state index is 12.2. The van der Waals surface area contributed by atoms with Crippen LogP contribution in [-0.2, 0) is 11.0 Å². The third kappa shape index (κ3) is 3.02. The van der Waals surface area contributed by atoms with Crippen molar-refractivity contribution < 1.29 is 18.0 Å². The highest BCUT2D eigenvalue weighted by atomic mass is 19.4. The molecule has 0 atom stereocenters. The maximum Gasteiger partial charge on any atom is 0.434 e. The number of amides is 1. The van der Waals surface area contributed by atoms with Crippen LogP contribution >= 0.6 is 0 Å². The molecule has 0 aliphatic carbocycles. The molecule has 0 saturated heterocycles. The van der Waals surface area contributed by atoms with Crippen LogP contribution in [0.15, 0.2) is 6.20 Å². The number of carbonyl (C=O) groups excluding carboxylic acids is 1. The molecule has 0 saturated carbocycles. The number of aromatic amines is 1. The van der Waals surface area contributed by atoms with Gasteiger partial charge >= 0.3 is 6.18 Å². The molecule has 0 bridgehead atoms. The lowest BCUT2D eigenvalue weighted by atomic mass is 10.2. The Kier molecular flexibility index (Phi) is 2.99. The van der Waals surface area contributed by atoms with E-state index >= 15 is 0 Å². The lowest BCUT2D eigenvalue weighted by Crippen LogP contribution is -2.09. The fourth-order valence-corrected chi connectivity index (χ4v) is 0.824. The molecule has 0 fully saturated rings. The monoisotopic (exact) mass is 217 g/mol. The van der Waals surface area contributed by atoms with Crippen LogP contribution in [0.2, 0.25) is 0 Å². The molecule has 1 aromatic heterocycles. The van der Waals surface area contributed by atoms with Gasteiger partial charge < -0.3 is 5.73 Å². The molecule has 80 valence electrons. The highest BCUT2D eigenvalue weighted by Crippen LogP contribution is 2.29. The van der Waals surface area contributed by atoms with Crippen LogP contribution in [0.1, 0.15) is 17.7 Å². The van der Waals surface area contributed by atoms with Crippen LogP contribution in [0.5, 0.6) is 0 Å². The second-order valence-corrected chi connectivity index (χ2v) is 2.60. The van der Waals surface area contributed by atoms with E-state index in [4.69, 9.17) is 5.73 Å². The molecule has 0 radical (unpaired) electrons. The fourth-order valence-electron chi connectivity index (χ4n) is 0.824. The van der Waals surface area contributed by atoms with E-state index in [-0.39, 0.29) is 12.0 Å². The number of hydrogen-bond acceptors (Lipinski definition) is 2. The van der Waals surface area contributed by atoms with Crippen LogP contribution in [0.3, 0.4) is 0 Å². The lowest BCUT2D eigenvalue weighted by Gasteiger charge is -2.02. The maximum absolute atomic E-state index is 12.2. The van der Waals surface area contributed by atoms with Crippen molar-refractivity contribution in [3.8, 4) is 11.8 Å². The van der Waals surface area contributed by atoms with E-state index in [1.165, 1.54) is 0 Å². The average Bonchev–Trinajstić information content (AvgIpc) is 2.50. The highest BCUT2D eigenvalue weighted by Gasteiger charge is 2.35. The molecule has 0 spiro atoms. The summed E-state index contributed by atoms with van der Waals surface area (Å²) in [7, 11) is 0. The molecule has 0 aliphatic rings. The van der Waals surface area contributed by atoms with Gasteiger partial charge in [-0.05, 0) is 0 Å². The molecule has 4 nitrogen and oxygen atoms in total. The van der Waals surface area contributed by atoms with E-state index in [0.717, 1.165) is 6.20 Å². The Morgan fingerprint density at radius 2 is 2.27 bits per heavy atom. The zero-order chi connectivity index (χ0) is 11.5. The number of nitrogens with one attached hydrogen (secondary N) is 1. The molecular weight excluding hydrogens is 211 g/mol. The van der Waals surface area contributed by atoms with Gasteiger partial charge in [0.1, 0.15) is 0 Å². The average molecular weight is 217 g/mol. The Balaban J connectivity index is 2.90. The highest BCUT2D eigenvalue weighted by molar-refractivity contribution is 5.76. The van der Waals surface area contributed by atoms with Gasteiger partial charge in [-0.25, -0.2) is 0 Å². The van der Waals surface area contributed by atoms with Crippen molar-refractivity contribution in [2.75, 3.05) is 0 Å². The minimum absolute atomic E-state index is 0.289. The zero-order valence-corrected chi connectivity index (χ0v) is 7.35. The van der Waals surface area contributed by atoms with Crippen molar-refractivity contribution in [1.82, 2.24) is 10.2 Å². The molecule has 7 heteroatoms. The van der Waals surface area contributed by atoms with Gasteiger partial charge in [0.15, 0.2) is 5.69 Å². The number of nitrogens with zero attached hydrogens (tertiary/aromatic N) is 1. The first kappa shape index (κ1) is 11.1. The zero-order valence-electron chi connectivity index (χ0n) is 7.35. The van der Waals surface area contributed by atoms with Crippen LogP contribution in [0.25, 0.3) is 0 Å². The smallest absolute Gasteiger partial charge is 0.369 e. The van der Waals surface area contributed by atoms with Crippen molar-refractivity contribution in [1.29, 1.82) is 0 Å². The topological polar surface area (TPSA) is 71.8 Å². The molecule has 0 unspecified atom stereocenters. The number of nitrogens with two attached hydrogens (primary N) is 1. The fraction of sp³-hybridized carbons (Fsp3) is 0.250.